The Labute approximate surface area is 122 Å². The fraction of sp³-hybridized carbons (Fsp3) is 0. The molecule has 0 bridgehead atoms. The van der Waals surface area contributed by atoms with Crippen LogP contribution in [0.3, 0.4) is 0 Å². The maximum Gasteiger partial charge on any atom is 0.150 e. The van der Waals surface area contributed by atoms with Crippen molar-refractivity contribution in [2.24, 2.45) is 0 Å². The van der Waals surface area contributed by atoms with E-state index in [2.05, 4.69) is 10.3 Å². The van der Waals surface area contributed by atoms with Crippen molar-refractivity contribution in [3.05, 3.63) is 50.4 Å². The van der Waals surface area contributed by atoms with Gasteiger partial charge in [-0.2, -0.15) is 5.26 Å². The van der Waals surface area contributed by atoms with Gasteiger partial charge in [0, 0.05) is 6.20 Å². The number of nitriles is 1. The molecule has 0 saturated heterocycles. The van der Waals surface area contributed by atoms with Crippen LogP contribution in [0.5, 0.6) is 0 Å². The van der Waals surface area contributed by atoms with Gasteiger partial charge in [-0.15, -0.1) is 0 Å². The largest absolute Gasteiger partial charge is 0.338 e. The summed E-state index contributed by atoms with van der Waals surface area (Å²) in [7, 11) is 0. The molecule has 2 rings (SSSR count). The minimum Gasteiger partial charge on any atom is -0.338 e. The molecule has 1 aromatic heterocycles. The van der Waals surface area contributed by atoms with Crippen molar-refractivity contribution < 1.29 is 4.39 Å². The first kappa shape index (κ1) is 13.1. The lowest BCUT2D eigenvalue weighted by molar-refractivity contribution is 0.621. The van der Waals surface area contributed by atoms with E-state index in [-0.39, 0.29) is 10.8 Å². The second kappa shape index (κ2) is 5.50. The third-order valence-corrected chi connectivity index (χ3v) is 3.69. The molecule has 0 fully saturated rings. The van der Waals surface area contributed by atoms with Crippen molar-refractivity contribution >= 4 is 45.7 Å². The molecule has 0 amide bonds. The predicted molar refractivity (Wildman–Crippen MR) is 76.4 cm³/mol. The Balaban J connectivity index is 2.41. The first-order chi connectivity index (χ1) is 8.63. The van der Waals surface area contributed by atoms with E-state index in [1.54, 1.807) is 12.1 Å². The minimum atomic E-state index is -0.326. The number of hydrogen-bond donors (Lipinski definition) is 1. The Bertz CT molecular complexity index is 640. The van der Waals surface area contributed by atoms with E-state index in [9.17, 15) is 4.39 Å². The zero-order valence-corrected chi connectivity index (χ0v) is 11.8. The van der Waals surface area contributed by atoms with E-state index < -0.39 is 0 Å². The van der Waals surface area contributed by atoms with Crippen LogP contribution >= 0.6 is 34.2 Å². The van der Waals surface area contributed by atoms with Crippen LogP contribution in [0.25, 0.3) is 0 Å². The van der Waals surface area contributed by atoms with E-state index in [4.69, 9.17) is 16.9 Å². The normalized spacial score (nSPS) is 9.89. The molecule has 1 aromatic carbocycles. The quantitative estimate of drug-likeness (QED) is 0.807. The summed E-state index contributed by atoms with van der Waals surface area (Å²) in [5.74, 6) is 0.00685. The number of aromatic nitrogens is 1. The lowest BCUT2D eigenvalue weighted by Gasteiger charge is -2.10. The summed E-state index contributed by atoms with van der Waals surface area (Å²) in [4.78, 5) is 4.03. The summed E-state index contributed by atoms with van der Waals surface area (Å²) in [6, 6.07) is 8.14. The number of rotatable bonds is 2. The second-order valence-corrected chi connectivity index (χ2v) is 4.82. The topological polar surface area (TPSA) is 48.7 Å². The predicted octanol–water partition coefficient (Wildman–Crippen LogP) is 4.09. The van der Waals surface area contributed by atoms with Gasteiger partial charge >= 0.3 is 0 Å². The molecule has 0 spiro atoms. The number of benzene rings is 1. The number of halogens is 3. The highest BCUT2D eigenvalue weighted by Gasteiger charge is 2.10. The van der Waals surface area contributed by atoms with E-state index >= 15 is 0 Å². The average Bonchev–Trinajstić information content (AvgIpc) is 2.37. The fourth-order valence-corrected chi connectivity index (χ4v) is 2.04. The number of nitrogens with one attached hydrogen (secondary N) is 1. The molecule has 3 nitrogen and oxygen atoms in total. The van der Waals surface area contributed by atoms with E-state index in [1.807, 2.05) is 28.7 Å². The van der Waals surface area contributed by atoms with Gasteiger partial charge in [-0.05, 0) is 40.8 Å². The molecule has 0 aliphatic rings. The molecule has 0 unspecified atom stereocenters. The smallest absolute Gasteiger partial charge is 0.150 e. The summed E-state index contributed by atoms with van der Waals surface area (Å²) < 4.78 is 13.8. The minimum absolute atomic E-state index is 0.222. The molecule has 1 N–H and O–H groups in total. The van der Waals surface area contributed by atoms with Gasteiger partial charge in [0.1, 0.15) is 16.9 Å². The van der Waals surface area contributed by atoms with E-state index in [0.717, 1.165) is 0 Å². The standard InChI is InChI=1S/C12H6ClFIN3/c13-10-7(6-16)4-5-17-12(10)18-9-3-1-2-8(14)11(9)15/h1-5H,(H,17,18). The van der Waals surface area contributed by atoms with Crippen LogP contribution in [-0.2, 0) is 0 Å². The maximum absolute atomic E-state index is 13.4. The summed E-state index contributed by atoms with van der Waals surface area (Å²) >= 11 is 7.90. The van der Waals surface area contributed by atoms with Gasteiger partial charge in [0.15, 0.2) is 5.82 Å². The summed E-state index contributed by atoms with van der Waals surface area (Å²) in [6.07, 6.45) is 1.47. The second-order valence-electron chi connectivity index (χ2n) is 3.36. The van der Waals surface area contributed by atoms with Gasteiger partial charge < -0.3 is 5.32 Å². The Morgan fingerprint density at radius 3 is 2.89 bits per heavy atom. The van der Waals surface area contributed by atoms with Crippen molar-refractivity contribution in [2.75, 3.05) is 5.32 Å². The van der Waals surface area contributed by atoms with Crippen LogP contribution in [-0.4, -0.2) is 4.98 Å². The lowest BCUT2D eigenvalue weighted by Crippen LogP contribution is -1.99. The van der Waals surface area contributed by atoms with Gasteiger partial charge in [0.25, 0.3) is 0 Å². The van der Waals surface area contributed by atoms with Gasteiger partial charge in [0.2, 0.25) is 0 Å². The van der Waals surface area contributed by atoms with Crippen molar-refractivity contribution in [3.63, 3.8) is 0 Å². The summed E-state index contributed by atoms with van der Waals surface area (Å²) in [5, 5.41) is 12.0. The SMILES string of the molecule is N#Cc1ccnc(Nc2cccc(F)c2I)c1Cl. The zero-order valence-electron chi connectivity index (χ0n) is 8.92. The van der Waals surface area contributed by atoms with Gasteiger partial charge in [0.05, 0.1) is 14.8 Å². The fourth-order valence-electron chi connectivity index (χ4n) is 1.35. The molecule has 2 aromatic rings. The molecule has 0 radical (unpaired) electrons. The van der Waals surface area contributed by atoms with Crippen molar-refractivity contribution in [2.45, 2.75) is 0 Å². The molecule has 6 heteroatoms. The van der Waals surface area contributed by atoms with Crippen LogP contribution in [0.2, 0.25) is 5.02 Å². The average molecular weight is 374 g/mol. The Hall–Kier alpha value is -1.39. The van der Waals surface area contributed by atoms with Gasteiger partial charge in [-0.1, -0.05) is 17.7 Å². The van der Waals surface area contributed by atoms with Gasteiger partial charge in [-0.3, -0.25) is 0 Å². The molecule has 0 aliphatic heterocycles. The first-order valence-electron chi connectivity index (χ1n) is 4.89. The Kier molecular flexibility index (Phi) is 3.99. The maximum atomic E-state index is 13.4. The molecule has 18 heavy (non-hydrogen) atoms. The number of anilines is 2. The van der Waals surface area contributed by atoms with Crippen molar-refractivity contribution in [1.82, 2.24) is 4.98 Å². The third-order valence-electron chi connectivity index (χ3n) is 2.21. The molecule has 0 saturated carbocycles. The highest BCUT2D eigenvalue weighted by molar-refractivity contribution is 14.1. The van der Waals surface area contributed by atoms with Crippen LogP contribution in [0.15, 0.2) is 30.5 Å². The molecule has 1 heterocycles. The molecule has 0 aliphatic carbocycles. The van der Waals surface area contributed by atoms with E-state index in [1.165, 1.54) is 18.3 Å². The van der Waals surface area contributed by atoms with Gasteiger partial charge in [-0.25, -0.2) is 9.37 Å². The van der Waals surface area contributed by atoms with Crippen LogP contribution in [0.1, 0.15) is 5.56 Å². The Morgan fingerprint density at radius 2 is 2.17 bits per heavy atom. The molecule has 0 atom stereocenters. The third kappa shape index (κ3) is 2.54. The zero-order chi connectivity index (χ0) is 13.1. The van der Waals surface area contributed by atoms with Crippen LogP contribution < -0.4 is 5.32 Å². The number of pyridine rings is 1. The van der Waals surface area contributed by atoms with Crippen LogP contribution in [0, 0.1) is 20.7 Å². The monoisotopic (exact) mass is 373 g/mol. The van der Waals surface area contributed by atoms with E-state index in [0.29, 0.717) is 20.6 Å². The van der Waals surface area contributed by atoms with Crippen molar-refractivity contribution in [3.8, 4) is 6.07 Å². The highest BCUT2D eigenvalue weighted by Crippen LogP contribution is 2.29. The lowest BCUT2D eigenvalue weighted by atomic mass is 10.2. The molecule has 90 valence electrons. The van der Waals surface area contributed by atoms with Crippen molar-refractivity contribution in [1.29, 1.82) is 5.26 Å². The summed E-state index contributed by atoms with van der Waals surface area (Å²) in [5.41, 5.74) is 0.876. The number of hydrogen-bond acceptors (Lipinski definition) is 3. The molecular formula is C12H6ClFIN3. The molecular weight excluding hydrogens is 368 g/mol. The Morgan fingerprint density at radius 1 is 1.39 bits per heavy atom. The van der Waals surface area contributed by atoms with Crippen LogP contribution in [0.4, 0.5) is 15.9 Å². The highest BCUT2D eigenvalue weighted by atomic mass is 127. The summed E-state index contributed by atoms with van der Waals surface area (Å²) in [6.45, 7) is 0. The number of nitrogens with zero attached hydrogens (tertiary/aromatic N) is 2. The first-order valence-corrected chi connectivity index (χ1v) is 6.35.